The van der Waals surface area contributed by atoms with Crippen LogP contribution in [0.3, 0.4) is 0 Å². The van der Waals surface area contributed by atoms with Gasteiger partial charge in [0, 0.05) is 10.2 Å². The van der Waals surface area contributed by atoms with E-state index >= 15 is 0 Å². The number of hydrogen-bond donors (Lipinski definition) is 2. The monoisotopic (exact) mass is 358 g/mol. The zero-order chi connectivity index (χ0) is 13.8. The highest BCUT2D eigenvalue weighted by Crippen LogP contribution is 2.28. The van der Waals surface area contributed by atoms with Crippen molar-refractivity contribution in [2.45, 2.75) is 16.5 Å². The van der Waals surface area contributed by atoms with Gasteiger partial charge in [0.25, 0.3) is 0 Å². The van der Waals surface area contributed by atoms with Gasteiger partial charge in [-0.1, -0.05) is 39.0 Å². The maximum absolute atomic E-state index is 12.0. The summed E-state index contributed by atoms with van der Waals surface area (Å²) in [5.41, 5.74) is 6.26. The van der Waals surface area contributed by atoms with Gasteiger partial charge in [0.2, 0.25) is 11.0 Å². The first-order valence-corrected chi connectivity index (χ1v) is 7.85. The second-order valence-corrected chi connectivity index (χ2v) is 7.18. The molecule has 2 aromatic rings. The number of carbonyl (C=O) groups is 1. The summed E-state index contributed by atoms with van der Waals surface area (Å²) >= 11 is 5.96. The van der Waals surface area contributed by atoms with Crippen LogP contribution >= 0.6 is 39.0 Å². The summed E-state index contributed by atoms with van der Waals surface area (Å²) in [7, 11) is 0. The lowest BCUT2D eigenvalue weighted by atomic mass is 10.3. The van der Waals surface area contributed by atoms with Crippen molar-refractivity contribution in [1.82, 2.24) is 10.2 Å². The van der Waals surface area contributed by atoms with Gasteiger partial charge in [-0.2, -0.15) is 0 Å². The van der Waals surface area contributed by atoms with Crippen LogP contribution in [0.25, 0.3) is 0 Å². The van der Waals surface area contributed by atoms with Gasteiger partial charge in [0.1, 0.15) is 0 Å². The van der Waals surface area contributed by atoms with Crippen molar-refractivity contribution >= 4 is 55.8 Å². The number of rotatable bonds is 4. The number of carbonyl (C=O) groups excluding carboxylic acids is 1. The SMILES string of the molecule is CC(Sc1nnc(N)s1)C(=O)Nc1ccc(Br)cc1. The van der Waals surface area contributed by atoms with Crippen LogP contribution in [0.4, 0.5) is 10.8 Å². The van der Waals surface area contributed by atoms with Crippen molar-refractivity contribution in [2.75, 3.05) is 11.1 Å². The fourth-order valence-corrected chi connectivity index (χ4v) is 3.29. The topological polar surface area (TPSA) is 80.9 Å². The van der Waals surface area contributed by atoms with Gasteiger partial charge in [0.15, 0.2) is 4.34 Å². The summed E-state index contributed by atoms with van der Waals surface area (Å²) in [5.74, 6) is -0.0823. The molecule has 1 aromatic heterocycles. The molecule has 0 aliphatic heterocycles. The Hall–Kier alpha value is -1.12. The number of anilines is 2. The molecule has 0 radical (unpaired) electrons. The molecule has 100 valence electrons. The van der Waals surface area contributed by atoms with E-state index in [1.165, 1.54) is 23.1 Å². The molecule has 1 amide bonds. The molecular weight excluding hydrogens is 348 g/mol. The molecule has 5 nitrogen and oxygen atoms in total. The van der Waals surface area contributed by atoms with Crippen LogP contribution in [-0.4, -0.2) is 21.4 Å². The molecular formula is C11H11BrN4OS2. The zero-order valence-electron chi connectivity index (χ0n) is 9.96. The van der Waals surface area contributed by atoms with Gasteiger partial charge in [-0.3, -0.25) is 4.79 Å². The number of amides is 1. The van der Waals surface area contributed by atoms with Crippen molar-refractivity contribution in [3.05, 3.63) is 28.7 Å². The number of nitrogen functional groups attached to an aromatic ring is 1. The Labute approximate surface area is 127 Å². The number of thioether (sulfide) groups is 1. The Morgan fingerprint density at radius 1 is 1.42 bits per heavy atom. The molecule has 0 fully saturated rings. The van der Waals surface area contributed by atoms with Gasteiger partial charge in [-0.25, -0.2) is 0 Å². The molecule has 19 heavy (non-hydrogen) atoms. The molecule has 0 saturated carbocycles. The van der Waals surface area contributed by atoms with E-state index in [1.54, 1.807) is 0 Å². The average Bonchev–Trinajstić information content (AvgIpc) is 2.77. The molecule has 1 heterocycles. The van der Waals surface area contributed by atoms with Gasteiger partial charge < -0.3 is 11.1 Å². The van der Waals surface area contributed by atoms with Crippen molar-refractivity contribution < 1.29 is 4.79 Å². The molecule has 2 rings (SSSR count). The average molecular weight is 359 g/mol. The minimum absolute atomic E-state index is 0.0823. The molecule has 1 aromatic carbocycles. The summed E-state index contributed by atoms with van der Waals surface area (Å²) in [6, 6.07) is 7.42. The van der Waals surface area contributed by atoms with E-state index < -0.39 is 0 Å². The van der Waals surface area contributed by atoms with Crippen molar-refractivity contribution in [2.24, 2.45) is 0 Å². The Kier molecular flexibility index (Phi) is 4.78. The van der Waals surface area contributed by atoms with Crippen LogP contribution in [0.1, 0.15) is 6.92 Å². The highest BCUT2D eigenvalue weighted by atomic mass is 79.9. The number of nitrogens with one attached hydrogen (secondary N) is 1. The Morgan fingerprint density at radius 3 is 2.68 bits per heavy atom. The summed E-state index contributed by atoms with van der Waals surface area (Å²) in [6.45, 7) is 1.82. The van der Waals surface area contributed by atoms with E-state index in [4.69, 9.17) is 5.73 Å². The largest absolute Gasteiger partial charge is 0.374 e. The predicted molar refractivity (Wildman–Crippen MR) is 82.4 cm³/mol. The lowest BCUT2D eigenvalue weighted by Gasteiger charge is -2.10. The first-order valence-electron chi connectivity index (χ1n) is 5.36. The third-order valence-electron chi connectivity index (χ3n) is 2.18. The van der Waals surface area contributed by atoms with E-state index in [1.807, 2.05) is 31.2 Å². The summed E-state index contributed by atoms with van der Waals surface area (Å²) < 4.78 is 1.66. The molecule has 1 atom stereocenters. The van der Waals surface area contributed by atoms with Crippen LogP contribution in [0, 0.1) is 0 Å². The lowest BCUT2D eigenvalue weighted by Crippen LogP contribution is -2.22. The van der Waals surface area contributed by atoms with Crippen LogP contribution < -0.4 is 11.1 Å². The smallest absolute Gasteiger partial charge is 0.237 e. The third kappa shape index (κ3) is 4.19. The summed E-state index contributed by atoms with van der Waals surface area (Å²) in [6.07, 6.45) is 0. The second-order valence-electron chi connectivity index (χ2n) is 3.66. The quantitative estimate of drug-likeness (QED) is 0.821. The molecule has 0 spiro atoms. The molecule has 3 N–H and O–H groups in total. The number of nitrogens with two attached hydrogens (primary N) is 1. The maximum atomic E-state index is 12.0. The molecule has 0 aliphatic carbocycles. The zero-order valence-corrected chi connectivity index (χ0v) is 13.2. The van der Waals surface area contributed by atoms with E-state index in [0.717, 1.165) is 10.2 Å². The van der Waals surface area contributed by atoms with Crippen molar-refractivity contribution in [1.29, 1.82) is 0 Å². The van der Waals surface area contributed by atoms with Gasteiger partial charge >= 0.3 is 0 Å². The number of benzene rings is 1. The summed E-state index contributed by atoms with van der Waals surface area (Å²) in [4.78, 5) is 12.0. The van der Waals surface area contributed by atoms with Gasteiger partial charge in [0.05, 0.1) is 5.25 Å². The highest BCUT2D eigenvalue weighted by Gasteiger charge is 2.16. The fraction of sp³-hybridized carbons (Fsp3) is 0.182. The normalized spacial score (nSPS) is 12.1. The number of aromatic nitrogens is 2. The van der Waals surface area contributed by atoms with Crippen LogP contribution in [-0.2, 0) is 4.79 Å². The number of halogens is 1. The highest BCUT2D eigenvalue weighted by molar-refractivity contribution is 9.10. The molecule has 8 heteroatoms. The fourth-order valence-electron chi connectivity index (χ4n) is 1.25. The number of nitrogens with zero attached hydrogens (tertiary/aromatic N) is 2. The maximum Gasteiger partial charge on any atom is 0.237 e. The second kappa shape index (κ2) is 6.36. The van der Waals surface area contributed by atoms with Crippen molar-refractivity contribution in [3.63, 3.8) is 0 Å². The Morgan fingerprint density at radius 2 is 2.11 bits per heavy atom. The first-order chi connectivity index (χ1) is 9.04. The van der Waals surface area contributed by atoms with E-state index in [0.29, 0.717) is 9.47 Å². The minimum atomic E-state index is -0.268. The lowest BCUT2D eigenvalue weighted by molar-refractivity contribution is -0.115. The van der Waals surface area contributed by atoms with E-state index in [2.05, 4.69) is 31.4 Å². The van der Waals surface area contributed by atoms with E-state index in [-0.39, 0.29) is 11.2 Å². The van der Waals surface area contributed by atoms with Crippen molar-refractivity contribution in [3.8, 4) is 0 Å². The summed E-state index contributed by atoms with van der Waals surface area (Å²) in [5, 5.41) is 10.6. The first kappa shape index (κ1) is 14.3. The Bertz CT molecular complexity index is 572. The van der Waals surface area contributed by atoms with Gasteiger partial charge in [-0.15, -0.1) is 10.2 Å². The minimum Gasteiger partial charge on any atom is -0.374 e. The van der Waals surface area contributed by atoms with Crippen LogP contribution in [0.5, 0.6) is 0 Å². The van der Waals surface area contributed by atoms with E-state index in [9.17, 15) is 4.79 Å². The third-order valence-corrected chi connectivity index (χ3v) is 4.65. The standard InChI is InChI=1S/C11H11BrN4OS2/c1-6(18-11-16-15-10(13)19-11)9(17)14-8-4-2-7(12)3-5-8/h2-6H,1H3,(H2,13,15)(H,14,17). The number of hydrogen-bond acceptors (Lipinski definition) is 6. The molecule has 1 unspecified atom stereocenters. The molecule has 0 saturated heterocycles. The van der Waals surface area contributed by atoms with Gasteiger partial charge in [-0.05, 0) is 31.2 Å². The molecule has 0 bridgehead atoms. The van der Waals surface area contributed by atoms with Crippen LogP contribution in [0.15, 0.2) is 33.1 Å². The van der Waals surface area contributed by atoms with Crippen LogP contribution in [0.2, 0.25) is 0 Å². The predicted octanol–water partition coefficient (Wildman–Crippen LogP) is 3.00. The Balaban J connectivity index is 1.94. The molecule has 0 aliphatic rings.